The average Bonchev–Trinajstić information content (AvgIpc) is 1.88. The van der Waals surface area contributed by atoms with Gasteiger partial charge in [-0.1, -0.05) is 0 Å². The van der Waals surface area contributed by atoms with Crippen molar-refractivity contribution in [1.82, 2.24) is 0 Å². The highest BCUT2D eigenvalue weighted by Gasteiger charge is 2.01. The monoisotopic (exact) mass is 149 g/mol. The van der Waals surface area contributed by atoms with E-state index >= 15 is 0 Å². The van der Waals surface area contributed by atoms with Crippen LogP contribution in [0.25, 0.3) is 0 Å². The smallest absolute Gasteiger partial charge is 0.216 e. The van der Waals surface area contributed by atoms with Crippen molar-refractivity contribution in [3.8, 4) is 0 Å². The molecule has 0 aromatic rings. The Morgan fingerprint density at radius 3 is 2.00 bits per heavy atom. The Morgan fingerprint density at radius 1 is 1.33 bits per heavy atom. The molecule has 4 heteroatoms. The molecule has 0 amide bonds. The zero-order chi connectivity index (χ0) is 7.11. The Labute approximate surface area is 56.8 Å². The number of hydrogen-bond donors (Lipinski definition) is 1. The standard InChI is InChI=1S/C5H12NO2P/c1-3-7-9(5-6)8-4-2/h5-6H,3-4H2,1-2H3. The quantitative estimate of drug-likeness (QED) is 0.479. The molecule has 9 heavy (non-hydrogen) atoms. The minimum atomic E-state index is -1.02. The van der Waals surface area contributed by atoms with E-state index in [0.717, 1.165) is 0 Å². The molecule has 0 bridgehead atoms. The lowest BCUT2D eigenvalue weighted by molar-refractivity contribution is 0.280. The van der Waals surface area contributed by atoms with Crippen LogP contribution in [0.5, 0.6) is 0 Å². The second-order valence-electron chi connectivity index (χ2n) is 1.25. The summed E-state index contributed by atoms with van der Waals surface area (Å²) in [5.41, 5.74) is 0. The molecule has 0 radical (unpaired) electrons. The molecule has 0 aliphatic heterocycles. The van der Waals surface area contributed by atoms with Crippen LogP contribution in [0.3, 0.4) is 0 Å². The number of nitrogens with one attached hydrogen (secondary N) is 1. The molecule has 0 aromatic carbocycles. The summed E-state index contributed by atoms with van der Waals surface area (Å²) in [4.78, 5) is 0. The van der Waals surface area contributed by atoms with Crippen LogP contribution in [0.2, 0.25) is 0 Å². The molecule has 0 rings (SSSR count). The molecular weight excluding hydrogens is 137 g/mol. The van der Waals surface area contributed by atoms with Crippen LogP contribution >= 0.6 is 8.38 Å². The van der Waals surface area contributed by atoms with E-state index in [9.17, 15) is 0 Å². The van der Waals surface area contributed by atoms with Crippen LogP contribution in [0.1, 0.15) is 13.8 Å². The first-order valence-corrected chi connectivity index (χ1v) is 4.15. The Morgan fingerprint density at radius 2 is 1.78 bits per heavy atom. The summed E-state index contributed by atoms with van der Waals surface area (Å²) < 4.78 is 10.1. The summed E-state index contributed by atoms with van der Waals surface area (Å²) in [6, 6.07) is 0. The third-order valence-corrected chi connectivity index (χ3v) is 1.85. The molecule has 0 spiro atoms. The summed E-state index contributed by atoms with van der Waals surface area (Å²) in [6.45, 7) is 5.00. The molecule has 0 aliphatic rings. The van der Waals surface area contributed by atoms with Gasteiger partial charge in [-0.15, -0.1) is 0 Å². The van der Waals surface area contributed by atoms with E-state index < -0.39 is 8.38 Å². The maximum Gasteiger partial charge on any atom is 0.216 e. The van der Waals surface area contributed by atoms with Crippen LogP contribution < -0.4 is 0 Å². The van der Waals surface area contributed by atoms with Gasteiger partial charge in [-0.3, -0.25) is 0 Å². The fraction of sp³-hybridized carbons (Fsp3) is 0.800. The Hall–Kier alpha value is 0.0200. The highest BCUT2D eigenvalue weighted by molar-refractivity contribution is 7.63. The molecule has 0 unspecified atom stereocenters. The van der Waals surface area contributed by atoms with Gasteiger partial charge in [0.15, 0.2) is 0 Å². The maximum atomic E-state index is 6.82. The Bertz CT molecular complexity index is 73.4. The topological polar surface area (TPSA) is 42.3 Å². The van der Waals surface area contributed by atoms with Crippen LogP contribution in [0.4, 0.5) is 0 Å². The number of hydrogen-bond acceptors (Lipinski definition) is 3. The van der Waals surface area contributed by atoms with Crippen LogP contribution in [-0.2, 0) is 9.05 Å². The minimum absolute atomic E-state index is 0.612. The second kappa shape index (κ2) is 6.14. The van der Waals surface area contributed by atoms with E-state index in [-0.39, 0.29) is 0 Å². The number of rotatable bonds is 5. The predicted molar refractivity (Wildman–Crippen MR) is 39.0 cm³/mol. The average molecular weight is 149 g/mol. The summed E-state index contributed by atoms with van der Waals surface area (Å²) in [5, 5.41) is 6.82. The van der Waals surface area contributed by atoms with Gasteiger partial charge in [0.05, 0.1) is 19.2 Å². The SMILES string of the molecule is CCOP(C=N)OCC. The normalized spacial score (nSPS) is 10.1. The third-order valence-electron chi connectivity index (χ3n) is 0.618. The van der Waals surface area contributed by atoms with Crippen LogP contribution in [-0.4, -0.2) is 19.2 Å². The molecule has 0 heterocycles. The van der Waals surface area contributed by atoms with Crippen LogP contribution in [0, 0.1) is 5.41 Å². The second-order valence-corrected chi connectivity index (χ2v) is 2.60. The van der Waals surface area contributed by atoms with Gasteiger partial charge >= 0.3 is 0 Å². The van der Waals surface area contributed by atoms with Crippen molar-refractivity contribution < 1.29 is 9.05 Å². The lowest BCUT2D eigenvalue weighted by Gasteiger charge is -2.08. The summed E-state index contributed by atoms with van der Waals surface area (Å²) in [6.07, 6.45) is 0. The van der Waals surface area contributed by atoms with Gasteiger partial charge in [0.1, 0.15) is 0 Å². The molecule has 0 saturated carbocycles. The molecule has 0 aromatic heterocycles. The summed E-state index contributed by atoms with van der Waals surface area (Å²) in [5.74, 6) is 1.21. The fourth-order valence-corrected chi connectivity index (χ4v) is 1.10. The van der Waals surface area contributed by atoms with Gasteiger partial charge in [0.2, 0.25) is 8.38 Å². The van der Waals surface area contributed by atoms with E-state index in [1.54, 1.807) is 0 Å². The molecule has 54 valence electrons. The summed E-state index contributed by atoms with van der Waals surface area (Å²) >= 11 is 0. The van der Waals surface area contributed by atoms with E-state index in [0.29, 0.717) is 13.2 Å². The van der Waals surface area contributed by atoms with Gasteiger partial charge in [-0.05, 0) is 13.8 Å². The minimum Gasteiger partial charge on any atom is -0.330 e. The van der Waals surface area contributed by atoms with Crippen molar-refractivity contribution in [3.63, 3.8) is 0 Å². The van der Waals surface area contributed by atoms with Crippen molar-refractivity contribution in [2.45, 2.75) is 13.8 Å². The van der Waals surface area contributed by atoms with E-state index in [1.807, 2.05) is 13.8 Å². The van der Waals surface area contributed by atoms with Crippen molar-refractivity contribution in [1.29, 1.82) is 5.41 Å². The first-order valence-electron chi connectivity index (χ1n) is 2.90. The summed E-state index contributed by atoms with van der Waals surface area (Å²) in [7, 11) is -1.02. The van der Waals surface area contributed by atoms with Gasteiger partial charge in [-0.2, -0.15) is 0 Å². The molecule has 0 fully saturated rings. The van der Waals surface area contributed by atoms with Crippen molar-refractivity contribution >= 4 is 14.3 Å². The Kier molecular flexibility index (Phi) is 6.16. The van der Waals surface area contributed by atoms with Crippen molar-refractivity contribution in [2.24, 2.45) is 0 Å². The molecule has 0 saturated heterocycles. The third kappa shape index (κ3) is 4.52. The molecular formula is C5H12NO2P. The zero-order valence-electron chi connectivity index (χ0n) is 5.76. The van der Waals surface area contributed by atoms with Gasteiger partial charge in [0, 0.05) is 0 Å². The van der Waals surface area contributed by atoms with E-state index in [2.05, 4.69) is 0 Å². The van der Waals surface area contributed by atoms with Gasteiger partial charge in [-0.25, -0.2) is 0 Å². The van der Waals surface area contributed by atoms with Gasteiger partial charge < -0.3 is 14.5 Å². The van der Waals surface area contributed by atoms with Gasteiger partial charge in [0.25, 0.3) is 0 Å². The predicted octanol–water partition coefficient (Wildman–Crippen LogP) is 1.98. The van der Waals surface area contributed by atoms with E-state index in [4.69, 9.17) is 14.5 Å². The highest BCUT2D eigenvalue weighted by atomic mass is 31.2. The molecule has 0 aliphatic carbocycles. The molecule has 3 nitrogen and oxygen atoms in total. The molecule has 1 N–H and O–H groups in total. The highest BCUT2D eigenvalue weighted by Crippen LogP contribution is 2.33. The van der Waals surface area contributed by atoms with Crippen molar-refractivity contribution in [3.05, 3.63) is 0 Å². The Balaban J connectivity index is 3.29. The molecule has 0 atom stereocenters. The lowest BCUT2D eigenvalue weighted by Crippen LogP contribution is -1.89. The van der Waals surface area contributed by atoms with Crippen LogP contribution in [0.15, 0.2) is 0 Å². The zero-order valence-corrected chi connectivity index (χ0v) is 6.65. The maximum absolute atomic E-state index is 6.82. The first kappa shape index (κ1) is 9.02. The van der Waals surface area contributed by atoms with Crippen molar-refractivity contribution in [2.75, 3.05) is 13.2 Å². The largest absolute Gasteiger partial charge is 0.330 e. The first-order chi connectivity index (χ1) is 4.35. The lowest BCUT2D eigenvalue weighted by atomic mass is 10.9. The fourth-order valence-electron chi connectivity index (χ4n) is 0.366. The van der Waals surface area contributed by atoms with E-state index in [1.165, 1.54) is 5.96 Å².